The largest absolute Gasteiger partial charge is 0.481 e. The zero-order valence-electron chi connectivity index (χ0n) is 9.78. The van der Waals surface area contributed by atoms with Gasteiger partial charge < -0.3 is 14.9 Å². The molecule has 1 heterocycles. The maximum Gasteiger partial charge on any atom is 0.309 e. The maximum absolute atomic E-state index is 11.2. The van der Waals surface area contributed by atoms with Gasteiger partial charge in [-0.2, -0.15) is 0 Å². The summed E-state index contributed by atoms with van der Waals surface area (Å²) in [6, 6.07) is 0. The molecule has 2 N–H and O–H groups in total. The molecular weight excluding hydrogens is 196 g/mol. The number of carboxylic acids is 1. The van der Waals surface area contributed by atoms with Crippen LogP contribution in [-0.4, -0.2) is 34.5 Å². The van der Waals surface area contributed by atoms with Crippen molar-refractivity contribution in [2.75, 3.05) is 6.61 Å². The van der Waals surface area contributed by atoms with E-state index in [0.29, 0.717) is 13.0 Å². The molecule has 0 bridgehead atoms. The van der Waals surface area contributed by atoms with Crippen molar-refractivity contribution in [1.29, 1.82) is 0 Å². The van der Waals surface area contributed by atoms with Gasteiger partial charge in [0.15, 0.2) is 0 Å². The highest BCUT2D eigenvalue weighted by atomic mass is 16.6. The van der Waals surface area contributed by atoms with Crippen LogP contribution >= 0.6 is 0 Å². The quantitative estimate of drug-likeness (QED) is 0.694. The number of carbonyl (C=O) groups is 1. The van der Waals surface area contributed by atoms with Crippen LogP contribution in [0, 0.1) is 11.3 Å². The molecule has 3 atom stereocenters. The highest BCUT2D eigenvalue weighted by Gasteiger charge is 2.47. The van der Waals surface area contributed by atoms with Gasteiger partial charge in [-0.15, -0.1) is 0 Å². The number of hydrogen-bond donors (Lipinski definition) is 2. The molecule has 15 heavy (non-hydrogen) atoms. The summed E-state index contributed by atoms with van der Waals surface area (Å²) >= 11 is 0. The van der Waals surface area contributed by atoms with Gasteiger partial charge in [0.1, 0.15) is 0 Å². The molecule has 1 fully saturated rings. The van der Waals surface area contributed by atoms with E-state index < -0.39 is 22.9 Å². The smallest absolute Gasteiger partial charge is 0.309 e. The second-order valence-corrected chi connectivity index (χ2v) is 5.65. The molecule has 0 saturated carbocycles. The molecule has 3 unspecified atom stereocenters. The van der Waals surface area contributed by atoms with Gasteiger partial charge in [-0.25, -0.2) is 0 Å². The Morgan fingerprint density at radius 1 is 1.47 bits per heavy atom. The van der Waals surface area contributed by atoms with Gasteiger partial charge >= 0.3 is 5.97 Å². The van der Waals surface area contributed by atoms with Crippen molar-refractivity contribution in [3.63, 3.8) is 0 Å². The Balaban J connectivity index is 2.81. The van der Waals surface area contributed by atoms with E-state index in [4.69, 9.17) is 4.74 Å². The van der Waals surface area contributed by atoms with Crippen molar-refractivity contribution in [1.82, 2.24) is 0 Å². The molecule has 1 rings (SSSR count). The third-order valence-electron chi connectivity index (χ3n) is 2.78. The first-order valence-corrected chi connectivity index (χ1v) is 5.21. The fourth-order valence-corrected chi connectivity index (χ4v) is 2.33. The zero-order chi connectivity index (χ0) is 11.9. The van der Waals surface area contributed by atoms with Crippen molar-refractivity contribution in [2.45, 2.75) is 45.8 Å². The molecule has 1 saturated heterocycles. The Kier molecular flexibility index (Phi) is 3.12. The summed E-state index contributed by atoms with van der Waals surface area (Å²) in [5.41, 5.74) is -1.69. The summed E-state index contributed by atoms with van der Waals surface area (Å²) in [5.74, 6) is -1.73. The van der Waals surface area contributed by atoms with Crippen molar-refractivity contribution in [3.05, 3.63) is 0 Å². The van der Waals surface area contributed by atoms with E-state index in [-0.39, 0.29) is 6.10 Å². The Morgan fingerprint density at radius 2 is 1.93 bits per heavy atom. The summed E-state index contributed by atoms with van der Waals surface area (Å²) in [5, 5.41) is 19.4. The van der Waals surface area contributed by atoms with Crippen LogP contribution in [0.2, 0.25) is 0 Å². The number of ether oxygens (including phenoxy) is 1. The number of aliphatic carboxylic acids is 1. The molecule has 0 spiro atoms. The van der Waals surface area contributed by atoms with Crippen molar-refractivity contribution in [3.8, 4) is 0 Å². The van der Waals surface area contributed by atoms with Crippen LogP contribution in [0.4, 0.5) is 0 Å². The summed E-state index contributed by atoms with van der Waals surface area (Å²) in [4.78, 5) is 11.2. The molecular formula is C11H20O4. The lowest BCUT2D eigenvalue weighted by molar-refractivity contribution is -0.160. The molecule has 0 aliphatic carbocycles. The first-order valence-electron chi connectivity index (χ1n) is 5.21. The molecule has 4 heteroatoms. The van der Waals surface area contributed by atoms with Gasteiger partial charge in [-0.3, -0.25) is 4.79 Å². The fraction of sp³-hybridized carbons (Fsp3) is 0.909. The van der Waals surface area contributed by atoms with Gasteiger partial charge in [0.2, 0.25) is 0 Å². The average Bonchev–Trinajstić information content (AvgIpc) is 2.62. The molecule has 1 aliphatic rings. The van der Waals surface area contributed by atoms with Crippen molar-refractivity contribution >= 4 is 5.97 Å². The lowest BCUT2D eigenvalue weighted by Crippen LogP contribution is -2.47. The van der Waals surface area contributed by atoms with Crippen molar-refractivity contribution in [2.24, 2.45) is 11.3 Å². The first kappa shape index (κ1) is 12.5. The number of rotatable bonds is 4. The minimum atomic E-state index is -1.22. The molecule has 88 valence electrons. The minimum Gasteiger partial charge on any atom is -0.481 e. The van der Waals surface area contributed by atoms with Gasteiger partial charge in [0.05, 0.1) is 24.2 Å². The van der Waals surface area contributed by atoms with Crippen LogP contribution in [0.1, 0.15) is 34.1 Å². The Bertz CT molecular complexity index is 248. The predicted octanol–water partition coefficient (Wildman–Crippen LogP) is 1.27. The lowest BCUT2D eigenvalue weighted by atomic mass is 9.69. The van der Waals surface area contributed by atoms with Gasteiger partial charge in [0, 0.05) is 6.42 Å². The molecule has 0 amide bonds. The van der Waals surface area contributed by atoms with E-state index in [9.17, 15) is 15.0 Å². The van der Waals surface area contributed by atoms with E-state index in [1.165, 1.54) is 0 Å². The van der Waals surface area contributed by atoms with E-state index >= 15 is 0 Å². The predicted molar refractivity (Wildman–Crippen MR) is 55.6 cm³/mol. The van der Waals surface area contributed by atoms with Crippen LogP contribution in [0.15, 0.2) is 0 Å². The molecule has 0 aromatic carbocycles. The average molecular weight is 216 g/mol. The summed E-state index contributed by atoms with van der Waals surface area (Å²) in [7, 11) is 0. The third-order valence-corrected chi connectivity index (χ3v) is 2.78. The van der Waals surface area contributed by atoms with Gasteiger partial charge in [-0.05, 0) is 12.3 Å². The molecule has 0 radical (unpaired) electrons. The Labute approximate surface area is 90.2 Å². The minimum absolute atomic E-state index is 0.0317. The molecule has 1 aliphatic heterocycles. The van der Waals surface area contributed by atoms with Crippen LogP contribution in [0.25, 0.3) is 0 Å². The monoisotopic (exact) mass is 216 g/mol. The number of aliphatic hydroxyl groups is 1. The first-order chi connectivity index (χ1) is 6.64. The maximum atomic E-state index is 11.2. The third kappa shape index (κ3) is 3.18. The SMILES string of the molecule is CC(C)(C)C(C(=O)O)C(C)(O)CC1CO1. The van der Waals surface area contributed by atoms with Crippen LogP contribution in [0.5, 0.6) is 0 Å². The summed E-state index contributed by atoms with van der Waals surface area (Å²) in [6.45, 7) is 7.70. The number of carboxylic acid groups (broad SMARTS) is 1. The second-order valence-electron chi connectivity index (χ2n) is 5.65. The number of epoxide rings is 1. The van der Waals surface area contributed by atoms with E-state index in [1.54, 1.807) is 6.92 Å². The van der Waals surface area contributed by atoms with Gasteiger partial charge in [0.25, 0.3) is 0 Å². The molecule has 0 aromatic rings. The number of hydrogen-bond acceptors (Lipinski definition) is 3. The Hall–Kier alpha value is -0.610. The highest BCUT2D eigenvalue weighted by Crippen LogP contribution is 2.39. The van der Waals surface area contributed by atoms with Crippen LogP contribution in [-0.2, 0) is 9.53 Å². The topological polar surface area (TPSA) is 70.1 Å². The van der Waals surface area contributed by atoms with Crippen LogP contribution in [0.3, 0.4) is 0 Å². The second kappa shape index (κ2) is 3.76. The van der Waals surface area contributed by atoms with Crippen LogP contribution < -0.4 is 0 Å². The van der Waals surface area contributed by atoms with Crippen molar-refractivity contribution < 1.29 is 19.7 Å². The molecule has 0 aromatic heterocycles. The van der Waals surface area contributed by atoms with E-state index in [1.807, 2.05) is 20.8 Å². The standard InChI is InChI=1S/C11H20O4/c1-10(2,3)8(9(12)13)11(4,14)5-7-6-15-7/h7-8,14H,5-6H2,1-4H3,(H,12,13). The molecule has 4 nitrogen and oxygen atoms in total. The lowest BCUT2D eigenvalue weighted by Gasteiger charge is -2.38. The Morgan fingerprint density at radius 3 is 2.20 bits per heavy atom. The highest BCUT2D eigenvalue weighted by molar-refractivity contribution is 5.72. The normalized spacial score (nSPS) is 26.9. The van der Waals surface area contributed by atoms with E-state index in [0.717, 1.165) is 0 Å². The van der Waals surface area contributed by atoms with Gasteiger partial charge in [-0.1, -0.05) is 20.8 Å². The fourth-order valence-electron chi connectivity index (χ4n) is 2.33. The van der Waals surface area contributed by atoms with E-state index in [2.05, 4.69) is 0 Å². The zero-order valence-corrected chi connectivity index (χ0v) is 9.78. The summed E-state index contributed by atoms with van der Waals surface area (Å²) in [6.07, 6.45) is 0.422. The summed E-state index contributed by atoms with van der Waals surface area (Å²) < 4.78 is 5.03.